The Labute approximate surface area is 128 Å². The highest BCUT2D eigenvalue weighted by molar-refractivity contribution is 7.99. The summed E-state index contributed by atoms with van der Waals surface area (Å²) in [5.74, 6) is -0.832. The molecule has 2 aromatic heterocycles. The van der Waals surface area contributed by atoms with Crippen molar-refractivity contribution in [1.82, 2.24) is 14.5 Å². The quantitative estimate of drug-likeness (QED) is 0.860. The average Bonchev–Trinajstić information content (AvgIpc) is 2.80. The Kier molecular flexibility index (Phi) is 4.67. The standard InChI is InChI=1S/C15H19N3O2S/c1-15(2,3)12-8-17-14(21-10-13(19)20)18(12)9-11-5-4-6-16-7-11/h4-8H,9-10H2,1-3H3,(H,19,20). The van der Waals surface area contributed by atoms with Crippen LogP contribution < -0.4 is 0 Å². The lowest BCUT2D eigenvalue weighted by atomic mass is 9.92. The first-order chi connectivity index (χ1) is 9.88. The van der Waals surface area contributed by atoms with Crippen molar-refractivity contribution >= 4 is 17.7 Å². The van der Waals surface area contributed by atoms with Gasteiger partial charge in [0.25, 0.3) is 0 Å². The zero-order valence-electron chi connectivity index (χ0n) is 12.4. The van der Waals surface area contributed by atoms with Crippen molar-refractivity contribution in [2.24, 2.45) is 0 Å². The van der Waals surface area contributed by atoms with Crippen LogP contribution in [0.15, 0.2) is 35.9 Å². The highest BCUT2D eigenvalue weighted by Crippen LogP contribution is 2.28. The summed E-state index contributed by atoms with van der Waals surface area (Å²) in [6.45, 7) is 7.00. The Morgan fingerprint density at radius 2 is 2.14 bits per heavy atom. The maximum atomic E-state index is 10.8. The maximum absolute atomic E-state index is 10.8. The van der Waals surface area contributed by atoms with Gasteiger partial charge in [-0.05, 0) is 11.6 Å². The van der Waals surface area contributed by atoms with Gasteiger partial charge in [0.1, 0.15) is 0 Å². The van der Waals surface area contributed by atoms with Gasteiger partial charge in [0.15, 0.2) is 5.16 Å². The van der Waals surface area contributed by atoms with E-state index in [2.05, 4.69) is 35.3 Å². The van der Waals surface area contributed by atoms with Gasteiger partial charge >= 0.3 is 5.97 Å². The molecule has 0 aliphatic rings. The molecule has 0 radical (unpaired) electrons. The zero-order valence-corrected chi connectivity index (χ0v) is 13.2. The molecule has 21 heavy (non-hydrogen) atoms. The molecule has 0 aliphatic heterocycles. The first-order valence-corrected chi connectivity index (χ1v) is 7.66. The van der Waals surface area contributed by atoms with Crippen molar-refractivity contribution in [3.05, 3.63) is 42.0 Å². The van der Waals surface area contributed by atoms with E-state index in [-0.39, 0.29) is 11.2 Å². The molecular formula is C15H19N3O2S. The molecule has 2 heterocycles. The van der Waals surface area contributed by atoms with E-state index in [9.17, 15) is 4.79 Å². The predicted octanol–water partition coefficient (Wildman–Crippen LogP) is 2.80. The third-order valence-electron chi connectivity index (χ3n) is 2.98. The minimum absolute atomic E-state index is 0.00758. The van der Waals surface area contributed by atoms with Gasteiger partial charge in [-0.3, -0.25) is 9.78 Å². The van der Waals surface area contributed by atoms with Crippen molar-refractivity contribution in [3.8, 4) is 0 Å². The third-order valence-corrected chi connectivity index (χ3v) is 3.95. The summed E-state index contributed by atoms with van der Waals surface area (Å²) in [5, 5.41) is 9.58. The Hall–Kier alpha value is -1.82. The zero-order chi connectivity index (χ0) is 15.5. The summed E-state index contributed by atoms with van der Waals surface area (Å²) < 4.78 is 2.07. The van der Waals surface area contributed by atoms with Crippen LogP contribution in [-0.4, -0.2) is 31.4 Å². The Balaban J connectivity index is 2.34. The summed E-state index contributed by atoms with van der Waals surface area (Å²) in [7, 11) is 0. The molecule has 112 valence electrons. The van der Waals surface area contributed by atoms with Crippen LogP contribution in [0.5, 0.6) is 0 Å². The summed E-state index contributed by atoms with van der Waals surface area (Å²) in [6, 6.07) is 3.90. The fourth-order valence-electron chi connectivity index (χ4n) is 2.03. The van der Waals surface area contributed by atoms with Crippen molar-refractivity contribution in [2.75, 3.05) is 5.75 Å². The first-order valence-electron chi connectivity index (χ1n) is 6.67. The van der Waals surface area contributed by atoms with Crippen molar-refractivity contribution in [2.45, 2.75) is 37.9 Å². The SMILES string of the molecule is CC(C)(C)c1cnc(SCC(=O)O)n1Cc1cccnc1. The Morgan fingerprint density at radius 1 is 1.38 bits per heavy atom. The summed E-state index contributed by atoms with van der Waals surface area (Å²) in [4.78, 5) is 19.3. The normalized spacial score (nSPS) is 11.6. The molecule has 0 aromatic carbocycles. The van der Waals surface area contributed by atoms with Gasteiger partial charge in [-0.15, -0.1) is 0 Å². The maximum Gasteiger partial charge on any atom is 0.313 e. The number of thioether (sulfide) groups is 1. The number of pyridine rings is 1. The van der Waals surface area contributed by atoms with E-state index in [0.717, 1.165) is 16.4 Å². The van der Waals surface area contributed by atoms with Crippen LogP contribution in [0.4, 0.5) is 0 Å². The molecule has 2 rings (SSSR count). The van der Waals surface area contributed by atoms with Crippen LogP contribution >= 0.6 is 11.8 Å². The Morgan fingerprint density at radius 3 is 2.71 bits per heavy atom. The molecule has 6 heteroatoms. The molecule has 0 fully saturated rings. The van der Waals surface area contributed by atoms with Gasteiger partial charge < -0.3 is 9.67 Å². The molecule has 0 saturated heterocycles. The molecule has 2 aromatic rings. The number of carboxylic acid groups (broad SMARTS) is 1. The van der Waals surface area contributed by atoms with E-state index in [1.807, 2.05) is 24.5 Å². The van der Waals surface area contributed by atoms with E-state index in [4.69, 9.17) is 5.11 Å². The van der Waals surface area contributed by atoms with Gasteiger partial charge in [0, 0.05) is 29.7 Å². The van der Waals surface area contributed by atoms with Crippen LogP contribution in [0, 0.1) is 0 Å². The number of aromatic nitrogens is 3. The van der Waals surface area contributed by atoms with Crippen LogP contribution in [0.25, 0.3) is 0 Å². The van der Waals surface area contributed by atoms with E-state index < -0.39 is 5.97 Å². The van der Waals surface area contributed by atoms with Crippen LogP contribution in [0.3, 0.4) is 0 Å². The molecule has 0 unspecified atom stereocenters. The topological polar surface area (TPSA) is 68.0 Å². The Bertz CT molecular complexity index is 618. The predicted molar refractivity (Wildman–Crippen MR) is 82.6 cm³/mol. The van der Waals surface area contributed by atoms with Crippen molar-refractivity contribution in [1.29, 1.82) is 0 Å². The van der Waals surface area contributed by atoms with Gasteiger partial charge in [0.2, 0.25) is 0 Å². The van der Waals surface area contributed by atoms with E-state index in [1.165, 1.54) is 11.8 Å². The van der Waals surface area contributed by atoms with E-state index in [1.54, 1.807) is 6.20 Å². The lowest BCUT2D eigenvalue weighted by Crippen LogP contribution is -2.19. The van der Waals surface area contributed by atoms with Gasteiger partial charge in [-0.25, -0.2) is 4.98 Å². The molecular weight excluding hydrogens is 286 g/mol. The highest BCUT2D eigenvalue weighted by atomic mass is 32.2. The number of hydrogen-bond acceptors (Lipinski definition) is 4. The molecule has 0 saturated carbocycles. The lowest BCUT2D eigenvalue weighted by molar-refractivity contribution is -0.133. The second kappa shape index (κ2) is 6.30. The molecule has 0 bridgehead atoms. The summed E-state index contributed by atoms with van der Waals surface area (Å²) in [5.41, 5.74) is 2.09. The second-order valence-electron chi connectivity index (χ2n) is 5.81. The lowest BCUT2D eigenvalue weighted by Gasteiger charge is -2.21. The van der Waals surface area contributed by atoms with Gasteiger partial charge in [-0.1, -0.05) is 38.6 Å². The number of rotatable bonds is 5. The number of hydrogen-bond donors (Lipinski definition) is 1. The fraction of sp³-hybridized carbons (Fsp3) is 0.400. The number of carbonyl (C=O) groups is 1. The van der Waals surface area contributed by atoms with Crippen molar-refractivity contribution < 1.29 is 9.90 Å². The molecule has 0 atom stereocenters. The van der Waals surface area contributed by atoms with Crippen molar-refractivity contribution in [3.63, 3.8) is 0 Å². The third kappa shape index (κ3) is 4.07. The van der Waals surface area contributed by atoms with Crippen LogP contribution in [0.2, 0.25) is 0 Å². The molecule has 0 spiro atoms. The molecule has 0 aliphatic carbocycles. The van der Waals surface area contributed by atoms with Gasteiger partial charge in [0.05, 0.1) is 12.3 Å². The smallest absolute Gasteiger partial charge is 0.313 e. The van der Waals surface area contributed by atoms with E-state index >= 15 is 0 Å². The molecule has 5 nitrogen and oxygen atoms in total. The second-order valence-corrected chi connectivity index (χ2v) is 6.75. The molecule has 1 N–H and O–H groups in total. The first kappa shape index (κ1) is 15.6. The van der Waals surface area contributed by atoms with Crippen LogP contribution in [0.1, 0.15) is 32.0 Å². The summed E-state index contributed by atoms with van der Waals surface area (Å²) >= 11 is 1.24. The largest absolute Gasteiger partial charge is 0.481 e. The monoisotopic (exact) mass is 305 g/mol. The average molecular weight is 305 g/mol. The fourth-order valence-corrected chi connectivity index (χ4v) is 2.72. The highest BCUT2D eigenvalue weighted by Gasteiger charge is 2.22. The minimum Gasteiger partial charge on any atom is -0.481 e. The number of imidazole rings is 1. The minimum atomic E-state index is -0.840. The molecule has 0 amide bonds. The van der Waals surface area contributed by atoms with E-state index in [0.29, 0.717) is 6.54 Å². The number of carboxylic acids is 1. The van der Waals surface area contributed by atoms with Gasteiger partial charge in [-0.2, -0.15) is 0 Å². The number of nitrogens with zero attached hydrogens (tertiary/aromatic N) is 3. The van der Waals surface area contributed by atoms with Crippen LogP contribution in [-0.2, 0) is 16.8 Å². The number of aliphatic carboxylic acids is 1. The summed E-state index contributed by atoms with van der Waals surface area (Å²) in [6.07, 6.45) is 5.39.